The number of rotatable bonds is 11. The minimum absolute atomic E-state index is 0.000845. The second-order valence-electron chi connectivity index (χ2n) is 7.15. The highest BCUT2D eigenvalue weighted by Crippen LogP contribution is 2.24. The smallest absolute Gasteiger partial charge is 0.220 e. The molecule has 0 saturated carbocycles. The molecule has 0 radical (unpaired) electrons. The predicted octanol–water partition coefficient (Wildman–Crippen LogP) is 4.77. The van der Waals surface area contributed by atoms with E-state index in [2.05, 4.69) is 19.2 Å². The van der Waals surface area contributed by atoms with Gasteiger partial charge in [0, 0.05) is 6.42 Å². The molecule has 0 aliphatic carbocycles. The Morgan fingerprint density at radius 3 is 1.96 bits per heavy atom. The van der Waals surface area contributed by atoms with E-state index in [0.29, 0.717) is 25.4 Å². The summed E-state index contributed by atoms with van der Waals surface area (Å²) in [7, 11) is 3.28. The van der Waals surface area contributed by atoms with Gasteiger partial charge in [0.25, 0.3) is 0 Å². The molecule has 2 rings (SSSR count). The van der Waals surface area contributed by atoms with Gasteiger partial charge in [0.2, 0.25) is 5.91 Å². The molecular formula is C23H31NO4. The summed E-state index contributed by atoms with van der Waals surface area (Å²) < 4.78 is 16.0. The zero-order valence-corrected chi connectivity index (χ0v) is 17.2. The summed E-state index contributed by atoms with van der Waals surface area (Å²) in [4.78, 5) is 12.4. The standard InChI is InChI=1S/C23H31NO4/c1-17(2)16-22(18-7-9-19(26-3)10-8-18)24-23(25)6-5-15-28-21-13-11-20(27-4)12-14-21/h7-14,17,22H,5-6,15-16H2,1-4H3,(H,24,25)/t22-/m0/s1. The lowest BCUT2D eigenvalue weighted by molar-refractivity contribution is -0.122. The molecule has 0 fully saturated rings. The normalized spacial score (nSPS) is 11.8. The quantitative estimate of drug-likeness (QED) is 0.566. The number of nitrogens with one attached hydrogen (secondary N) is 1. The number of ether oxygens (including phenoxy) is 3. The zero-order chi connectivity index (χ0) is 20.4. The third-order valence-electron chi connectivity index (χ3n) is 4.44. The largest absolute Gasteiger partial charge is 0.497 e. The van der Waals surface area contributed by atoms with Crippen LogP contribution in [-0.2, 0) is 4.79 Å². The maximum atomic E-state index is 12.4. The molecule has 5 nitrogen and oxygen atoms in total. The van der Waals surface area contributed by atoms with Crippen LogP contribution in [0.3, 0.4) is 0 Å². The first-order chi connectivity index (χ1) is 13.5. The van der Waals surface area contributed by atoms with Crippen molar-refractivity contribution < 1.29 is 19.0 Å². The van der Waals surface area contributed by atoms with Crippen LogP contribution in [0.15, 0.2) is 48.5 Å². The van der Waals surface area contributed by atoms with Crippen LogP contribution in [0.5, 0.6) is 17.2 Å². The Morgan fingerprint density at radius 2 is 1.43 bits per heavy atom. The van der Waals surface area contributed by atoms with Gasteiger partial charge in [-0.3, -0.25) is 4.79 Å². The summed E-state index contributed by atoms with van der Waals surface area (Å²) in [6, 6.07) is 15.3. The molecule has 2 aromatic carbocycles. The van der Waals surface area contributed by atoms with Crippen molar-refractivity contribution in [3.63, 3.8) is 0 Å². The average molecular weight is 386 g/mol. The van der Waals surface area contributed by atoms with Gasteiger partial charge in [-0.15, -0.1) is 0 Å². The van der Waals surface area contributed by atoms with E-state index >= 15 is 0 Å². The molecule has 0 unspecified atom stereocenters. The molecule has 0 spiro atoms. The third kappa shape index (κ3) is 7.14. The van der Waals surface area contributed by atoms with Crippen LogP contribution in [0, 0.1) is 5.92 Å². The molecule has 0 saturated heterocycles. The van der Waals surface area contributed by atoms with Crippen molar-refractivity contribution in [1.29, 1.82) is 0 Å². The fraction of sp³-hybridized carbons (Fsp3) is 0.435. The Hall–Kier alpha value is -2.69. The maximum Gasteiger partial charge on any atom is 0.220 e. The first kappa shape index (κ1) is 21.6. The predicted molar refractivity (Wildman–Crippen MR) is 111 cm³/mol. The minimum atomic E-state index is 0.000845. The Morgan fingerprint density at radius 1 is 0.893 bits per heavy atom. The van der Waals surface area contributed by atoms with E-state index in [1.54, 1.807) is 14.2 Å². The van der Waals surface area contributed by atoms with Crippen molar-refractivity contribution >= 4 is 5.91 Å². The van der Waals surface area contributed by atoms with E-state index in [0.717, 1.165) is 29.2 Å². The third-order valence-corrected chi connectivity index (χ3v) is 4.44. The Labute approximate surface area is 168 Å². The van der Waals surface area contributed by atoms with Crippen LogP contribution in [0.4, 0.5) is 0 Å². The SMILES string of the molecule is COc1ccc(OCCCC(=O)N[C@@H](CC(C)C)c2ccc(OC)cc2)cc1. The molecule has 1 amide bonds. The average Bonchev–Trinajstić information content (AvgIpc) is 2.71. The van der Waals surface area contributed by atoms with Crippen LogP contribution in [0.25, 0.3) is 0 Å². The van der Waals surface area contributed by atoms with E-state index in [-0.39, 0.29) is 11.9 Å². The lowest BCUT2D eigenvalue weighted by atomic mass is 9.96. The topological polar surface area (TPSA) is 56.8 Å². The van der Waals surface area contributed by atoms with Crippen molar-refractivity contribution in [3.8, 4) is 17.2 Å². The number of carbonyl (C=O) groups excluding carboxylic acids is 1. The number of benzene rings is 2. The summed E-state index contributed by atoms with van der Waals surface area (Å²) in [5, 5.41) is 3.16. The van der Waals surface area contributed by atoms with Crippen LogP contribution in [0.2, 0.25) is 0 Å². The highest BCUT2D eigenvalue weighted by atomic mass is 16.5. The van der Waals surface area contributed by atoms with Gasteiger partial charge in [-0.25, -0.2) is 0 Å². The van der Waals surface area contributed by atoms with Crippen LogP contribution >= 0.6 is 0 Å². The molecule has 0 aliphatic heterocycles. The first-order valence-corrected chi connectivity index (χ1v) is 9.72. The van der Waals surface area contributed by atoms with E-state index in [9.17, 15) is 4.79 Å². The molecule has 1 atom stereocenters. The minimum Gasteiger partial charge on any atom is -0.497 e. The van der Waals surface area contributed by atoms with Gasteiger partial charge in [0.1, 0.15) is 17.2 Å². The fourth-order valence-electron chi connectivity index (χ4n) is 2.95. The van der Waals surface area contributed by atoms with Crippen molar-refractivity contribution in [3.05, 3.63) is 54.1 Å². The van der Waals surface area contributed by atoms with Crippen molar-refractivity contribution in [2.24, 2.45) is 5.92 Å². The molecule has 0 heterocycles. The summed E-state index contributed by atoms with van der Waals surface area (Å²) in [5.41, 5.74) is 1.09. The molecule has 28 heavy (non-hydrogen) atoms. The lowest BCUT2D eigenvalue weighted by Crippen LogP contribution is -2.29. The number of carbonyl (C=O) groups is 1. The van der Waals surface area contributed by atoms with E-state index in [1.165, 1.54) is 0 Å². The van der Waals surface area contributed by atoms with Crippen LogP contribution in [0.1, 0.15) is 44.7 Å². The fourth-order valence-corrected chi connectivity index (χ4v) is 2.95. The monoisotopic (exact) mass is 385 g/mol. The zero-order valence-electron chi connectivity index (χ0n) is 17.2. The van der Waals surface area contributed by atoms with Crippen LogP contribution < -0.4 is 19.5 Å². The van der Waals surface area contributed by atoms with Crippen molar-refractivity contribution in [2.45, 2.75) is 39.2 Å². The molecule has 152 valence electrons. The Bertz CT molecular complexity index is 710. The molecule has 2 aromatic rings. The van der Waals surface area contributed by atoms with Gasteiger partial charge in [0.05, 0.1) is 26.9 Å². The highest BCUT2D eigenvalue weighted by Gasteiger charge is 2.16. The molecular weight excluding hydrogens is 354 g/mol. The summed E-state index contributed by atoms with van der Waals surface area (Å²) >= 11 is 0. The second kappa shape index (κ2) is 11.2. The second-order valence-corrected chi connectivity index (χ2v) is 7.15. The summed E-state index contributed by atoms with van der Waals surface area (Å²) in [6.45, 7) is 4.81. The Kier molecular flexibility index (Phi) is 8.66. The number of methoxy groups -OCH3 is 2. The van der Waals surface area contributed by atoms with Gasteiger partial charge in [-0.1, -0.05) is 26.0 Å². The molecule has 0 aliphatic rings. The molecule has 0 aromatic heterocycles. The number of hydrogen-bond acceptors (Lipinski definition) is 4. The van der Waals surface area contributed by atoms with Crippen molar-refractivity contribution in [2.75, 3.05) is 20.8 Å². The van der Waals surface area contributed by atoms with Gasteiger partial charge in [0.15, 0.2) is 0 Å². The summed E-state index contributed by atoms with van der Waals surface area (Å²) in [6.07, 6.45) is 1.98. The van der Waals surface area contributed by atoms with Gasteiger partial charge < -0.3 is 19.5 Å². The molecule has 1 N–H and O–H groups in total. The Balaban J connectivity index is 1.81. The van der Waals surface area contributed by atoms with Gasteiger partial charge in [-0.05, 0) is 60.7 Å². The van der Waals surface area contributed by atoms with E-state index < -0.39 is 0 Å². The summed E-state index contributed by atoms with van der Waals surface area (Å²) in [5.74, 6) is 2.90. The van der Waals surface area contributed by atoms with Crippen molar-refractivity contribution in [1.82, 2.24) is 5.32 Å². The molecule has 0 bridgehead atoms. The maximum absolute atomic E-state index is 12.4. The van der Waals surface area contributed by atoms with Gasteiger partial charge in [-0.2, -0.15) is 0 Å². The number of amides is 1. The van der Waals surface area contributed by atoms with Crippen LogP contribution in [-0.4, -0.2) is 26.7 Å². The number of hydrogen-bond donors (Lipinski definition) is 1. The van der Waals surface area contributed by atoms with Gasteiger partial charge >= 0.3 is 0 Å². The molecule has 5 heteroatoms. The first-order valence-electron chi connectivity index (χ1n) is 9.72. The highest BCUT2D eigenvalue weighted by molar-refractivity contribution is 5.76. The lowest BCUT2D eigenvalue weighted by Gasteiger charge is -2.21. The van der Waals surface area contributed by atoms with E-state index in [4.69, 9.17) is 14.2 Å². The van der Waals surface area contributed by atoms with E-state index in [1.807, 2.05) is 48.5 Å².